The molecular formula is C19H22N4O5. The minimum absolute atomic E-state index is 0.241. The molecule has 28 heavy (non-hydrogen) atoms. The van der Waals surface area contributed by atoms with E-state index in [0.29, 0.717) is 6.42 Å². The maximum Gasteiger partial charge on any atom is 0.325 e. The summed E-state index contributed by atoms with van der Waals surface area (Å²) < 4.78 is 0. The van der Waals surface area contributed by atoms with E-state index in [2.05, 4.69) is 5.32 Å². The smallest absolute Gasteiger partial charge is 0.324 e. The summed E-state index contributed by atoms with van der Waals surface area (Å²) in [7, 11) is 0. The van der Waals surface area contributed by atoms with Crippen molar-refractivity contribution >= 4 is 29.7 Å². The number of benzene rings is 1. The summed E-state index contributed by atoms with van der Waals surface area (Å²) in [5.41, 5.74) is -0.0816. The third kappa shape index (κ3) is 3.88. The molecule has 0 unspecified atom stereocenters. The van der Waals surface area contributed by atoms with Crippen LogP contribution in [0.25, 0.3) is 0 Å². The van der Waals surface area contributed by atoms with Crippen molar-refractivity contribution in [2.45, 2.75) is 25.8 Å². The molecule has 2 aliphatic rings. The van der Waals surface area contributed by atoms with Crippen molar-refractivity contribution in [1.82, 2.24) is 20.0 Å². The molecule has 9 heteroatoms. The number of piperazine rings is 1. The van der Waals surface area contributed by atoms with E-state index in [1.54, 1.807) is 0 Å². The van der Waals surface area contributed by atoms with Crippen molar-refractivity contribution in [1.29, 1.82) is 0 Å². The van der Waals surface area contributed by atoms with Crippen LogP contribution in [-0.2, 0) is 25.6 Å². The van der Waals surface area contributed by atoms with Crippen molar-refractivity contribution in [3.05, 3.63) is 35.9 Å². The van der Waals surface area contributed by atoms with Gasteiger partial charge in [-0.05, 0) is 25.8 Å². The van der Waals surface area contributed by atoms with Crippen LogP contribution in [0, 0.1) is 0 Å². The molecule has 2 heterocycles. The molecule has 2 aliphatic heterocycles. The summed E-state index contributed by atoms with van der Waals surface area (Å²) in [6.07, 6.45) is 0.532. The van der Waals surface area contributed by atoms with Crippen LogP contribution in [0.1, 0.15) is 19.4 Å². The van der Waals surface area contributed by atoms with E-state index < -0.39 is 41.7 Å². The molecule has 0 atom stereocenters. The molecule has 9 nitrogen and oxygen atoms in total. The predicted octanol–water partition coefficient (Wildman–Crippen LogP) is -0.243. The van der Waals surface area contributed by atoms with Crippen LogP contribution in [-0.4, -0.2) is 76.1 Å². The molecular weight excluding hydrogens is 364 g/mol. The average Bonchev–Trinajstić information content (AvgIpc) is 2.83. The fraction of sp³-hybridized carbons (Fsp3) is 0.421. The second-order valence-electron chi connectivity index (χ2n) is 7.37. The highest BCUT2D eigenvalue weighted by Gasteiger charge is 2.45. The highest BCUT2D eigenvalue weighted by molar-refractivity contribution is 6.09. The summed E-state index contributed by atoms with van der Waals surface area (Å²) in [5.74, 6) is -2.09. The van der Waals surface area contributed by atoms with Crippen molar-refractivity contribution in [2.75, 3.05) is 26.2 Å². The van der Waals surface area contributed by atoms with Gasteiger partial charge in [0.2, 0.25) is 17.7 Å². The quantitative estimate of drug-likeness (QED) is 0.555. The second kappa shape index (κ2) is 7.41. The first-order valence-corrected chi connectivity index (χ1v) is 8.98. The van der Waals surface area contributed by atoms with E-state index in [0.717, 1.165) is 20.3 Å². The number of nitrogens with one attached hydrogen (secondary N) is 1. The van der Waals surface area contributed by atoms with Crippen LogP contribution in [0.5, 0.6) is 0 Å². The monoisotopic (exact) mass is 386 g/mol. The number of carbonyl (C=O) groups excluding carboxylic acids is 5. The lowest BCUT2D eigenvalue weighted by Crippen LogP contribution is -2.57. The van der Waals surface area contributed by atoms with Gasteiger partial charge >= 0.3 is 6.03 Å². The Morgan fingerprint density at radius 1 is 1.00 bits per heavy atom. The topological polar surface area (TPSA) is 107 Å². The number of imide groups is 2. The lowest BCUT2D eigenvalue weighted by atomic mass is 10.1. The molecule has 0 aliphatic carbocycles. The van der Waals surface area contributed by atoms with E-state index in [1.165, 1.54) is 13.8 Å². The highest BCUT2D eigenvalue weighted by Crippen LogP contribution is 2.17. The minimum Gasteiger partial charge on any atom is -0.324 e. The van der Waals surface area contributed by atoms with E-state index >= 15 is 0 Å². The van der Waals surface area contributed by atoms with Gasteiger partial charge in [0.05, 0.1) is 0 Å². The standard InChI is InChI=1S/C19H22N4O5/c1-19(2)17(27)23(18(28)20-19)12-14(24)21-10-15(25)22(16(26)11-21)9-8-13-6-4-3-5-7-13/h3-7H,8-12H2,1-2H3,(H,20,28). The molecule has 6 amide bonds. The molecule has 0 spiro atoms. The zero-order valence-corrected chi connectivity index (χ0v) is 15.8. The van der Waals surface area contributed by atoms with Crippen molar-refractivity contribution in [2.24, 2.45) is 0 Å². The molecule has 0 aromatic heterocycles. The molecule has 1 aromatic rings. The molecule has 148 valence electrons. The zero-order valence-electron chi connectivity index (χ0n) is 15.8. The first-order chi connectivity index (χ1) is 13.2. The van der Waals surface area contributed by atoms with Crippen LogP contribution in [0.2, 0.25) is 0 Å². The minimum atomic E-state index is -1.08. The number of amides is 6. The van der Waals surface area contributed by atoms with Gasteiger partial charge in [-0.15, -0.1) is 0 Å². The molecule has 1 aromatic carbocycles. The first kappa shape index (κ1) is 19.5. The summed E-state index contributed by atoms with van der Waals surface area (Å²) in [4.78, 5) is 64.3. The SMILES string of the molecule is CC1(C)NC(=O)N(CC(=O)N2CC(=O)N(CCc3ccccc3)C(=O)C2)C1=O. The lowest BCUT2D eigenvalue weighted by molar-refractivity contribution is -0.156. The Hall–Kier alpha value is -3.23. The van der Waals surface area contributed by atoms with Crippen molar-refractivity contribution < 1.29 is 24.0 Å². The molecule has 2 saturated heterocycles. The number of urea groups is 1. The molecule has 1 N–H and O–H groups in total. The van der Waals surface area contributed by atoms with Gasteiger partial charge in [0.15, 0.2) is 0 Å². The predicted molar refractivity (Wildman–Crippen MR) is 97.8 cm³/mol. The van der Waals surface area contributed by atoms with Crippen LogP contribution in [0.15, 0.2) is 30.3 Å². The van der Waals surface area contributed by atoms with Crippen LogP contribution in [0.4, 0.5) is 4.79 Å². The van der Waals surface area contributed by atoms with Crippen molar-refractivity contribution in [3.63, 3.8) is 0 Å². The Kier molecular flexibility index (Phi) is 5.17. The number of hydrogen-bond donors (Lipinski definition) is 1. The fourth-order valence-corrected chi connectivity index (χ4v) is 3.20. The number of hydrogen-bond acceptors (Lipinski definition) is 5. The molecule has 0 saturated carbocycles. The van der Waals surface area contributed by atoms with Gasteiger partial charge in [-0.2, -0.15) is 0 Å². The molecule has 2 fully saturated rings. The van der Waals surface area contributed by atoms with Crippen LogP contribution >= 0.6 is 0 Å². The van der Waals surface area contributed by atoms with Gasteiger partial charge in [0, 0.05) is 6.54 Å². The highest BCUT2D eigenvalue weighted by atomic mass is 16.2. The van der Waals surface area contributed by atoms with Gasteiger partial charge in [0.25, 0.3) is 5.91 Å². The fourth-order valence-electron chi connectivity index (χ4n) is 3.20. The number of carbonyl (C=O) groups is 5. The third-order valence-electron chi connectivity index (χ3n) is 4.81. The van der Waals surface area contributed by atoms with E-state index in [4.69, 9.17) is 0 Å². The van der Waals surface area contributed by atoms with Gasteiger partial charge in [-0.25, -0.2) is 4.79 Å². The summed E-state index contributed by atoms with van der Waals surface area (Å²) in [6.45, 7) is 2.30. The Bertz CT molecular complexity index is 818. The Morgan fingerprint density at radius 2 is 1.61 bits per heavy atom. The Morgan fingerprint density at radius 3 is 2.14 bits per heavy atom. The number of nitrogens with zero attached hydrogens (tertiary/aromatic N) is 3. The summed E-state index contributed by atoms with van der Waals surface area (Å²) in [5, 5.41) is 2.48. The van der Waals surface area contributed by atoms with Crippen molar-refractivity contribution in [3.8, 4) is 0 Å². The first-order valence-electron chi connectivity index (χ1n) is 8.98. The zero-order chi connectivity index (χ0) is 20.5. The molecule has 3 rings (SSSR count). The average molecular weight is 386 g/mol. The third-order valence-corrected chi connectivity index (χ3v) is 4.81. The Labute approximate surface area is 162 Å². The molecule has 0 bridgehead atoms. The summed E-state index contributed by atoms with van der Waals surface area (Å²) >= 11 is 0. The van der Waals surface area contributed by atoms with Gasteiger partial charge < -0.3 is 10.2 Å². The lowest BCUT2D eigenvalue weighted by Gasteiger charge is -2.33. The normalized spacial score (nSPS) is 19.3. The maximum absolute atomic E-state index is 12.5. The van der Waals surface area contributed by atoms with E-state index in [9.17, 15) is 24.0 Å². The maximum atomic E-state index is 12.5. The molecule has 0 radical (unpaired) electrons. The van der Waals surface area contributed by atoms with Gasteiger partial charge in [0.1, 0.15) is 25.2 Å². The van der Waals surface area contributed by atoms with E-state index in [1.807, 2.05) is 30.3 Å². The number of rotatable bonds is 5. The van der Waals surface area contributed by atoms with E-state index in [-0.39, 0.29) is 19.6 Å². The summed E-state index contributed by atoms with van der Waals surface area (Å²) in [6, 6.07) is 8.81. The largest absolute Gasteiger partial charge is 0.325 e. The van der Waals surface area contributed by atoms with Gasteiger partial charge in [-0.3, -0.25) is 29.0 Å². The Balaban J connectivity index is 1.58. The van der Waals surface area contributed by atoms with Crippen LogP contribution < -0.4 is 5.32 Å². The second-order valence-corrected chi connectivity index (χ2v) is 7.37. The van der Waals surface area contributed by atoms with Crippen LogP contribution in [0.3, 0.4) is 0 Å². The van der Waals surface area contributed by atoms with Gasteiger partial charge in [-0.1, -0.05) is 30.3 Å².